The van der Waals surface area contributed by atoms with Crippen LogP contribution in [0, 0.1) is 6.92 Å². The van der Waals surface area contributed by atoms with E-state index in [-0.39, 0.29) is 0 Å². The summed E-state index contributed by atoms with van der Waals surface area (Å²) >= 11 is 3.28. The molecule has 2 aromatic heterocycles. The predicted molar refractivity (Wildman–Crippen MR) is 56.3 cm³/mol. The summed E-state index contributed by atoms with van der Waals surface area (Å²) in [5.74, 6) is 0. The van der Waals surface area contributed by atoms with Crippen molar-refractivity contribution < 1.29 is 0 Å². The Morgan fingerprint density at radius 1 is 1.46 bits per heavy atom. The zero-order valence-electron chi connectivity index (χ0n) is 7.15. The fourth-order valence-corrected chi connectivity index (χ4v) is 2.17. The zero-order valence-corrected chi connectivity index (χ0v) is 8.78. The molecule has 0 amide bonds. The van der Waals surface area contributed by atoms with Gasteiger partial charge in [0, 0.05) is 17.0 Å². The summed E-state index contributed by atoms with van der Waals surface area (Å²) in [6, 6.07) is 0. The van der Waals surface area contributed by atoms with E-state index in [2.05, 4.69) is 15.3 Å². The van der Waals surface area contributed by atoms with E-state index in [9.17, 15) is 0 Å². The van der Waals surface area contributed by atoms with E-state index >= 15 is 0 Å². The quantitative estimate of drug-likeness (QED) is 0.847. The van der Waals surface area contributed by atoms with Crippen molar-refractivity contribution in [3.05, 3.63) is 27.7 Å². The average Bonchev–Trinajstić information content (AvgIpc) is 2.71. The van der Waals surface area contributed by atoms with Crippen LogP contribution in [0.2, 0.25) is 0 Å². The monoisotopic (exact) mass is 211 g/mol. The second kappa shape index (κ2) is 3.85. The van der Waals surface area contributed by atoms with Gasteiger partial charge in [-0.1, -0.05) is 0 Å². The summed E-state index contributed by atoms with van der Waals surface area (Å²) < 4.78 is 0. The first-order valence-corrected chi connectivity index (χ1v) is 5.65. The van der Waals surface area contributed by atoms with Crippen molar-refractivity contribution in [2.75, 3.05) is 5.32 Å². The van der Waals surface area contributed by atoms with E-state index in [1.807, 2.05) is 23.9 Å². The lowest BCUT2D eigenvalue weighted by Crippen LogP contribution is -1.97. The van der Waals surface area contributed by atoms with Gasteiger partial charge in [0.25, 0.3) is 0 Å². The minimum atomic E-state index is 0.768. The van der Waals surface area contributed by atoms with Crippen molar-refractivity contribution in [3.8, 4) is 0 Å². The Labute approximate surface area is 84.5 Å². The summed E-state index contributed by atoms with van der Waals surface area (Å²) in [5.41, 5.74) is 1.06. The normalized spacial score (nSPS) is 10.2. The summed E-state index contributed by atoms with van der Waals surface area (Å²) in [7, 11) is 0. The minimum Gasteiger partial charge on any atom is -0.355 e. The summed E-state index contributed by atoms with van der Waals surface area (Å²) in [6.45, 7) is 2.76. The van der Waals surface area contributed by atoms with Gasteiger partial charge in [0.2, 0.25) is 0 Å². The fourth-order valence-electron chi connectivity index (χ4n) is 0.927. The van der Waals surface area contributed by atoms with Gasteiger partial charge in [-0.05, 0) is 6.92 Å². The highest BCUT2D eigenvalue weighted by atomic mass is 32.1. The second-order valence-corrected chi connectivity index (χ2v) is 4.41. The van der Waals surface area contributed by atoms with E-state index in [4.69, 9.17) is 0 Å². The van der Waals surface area contributed by atoms with Crippen molar-refractivity contribution in [2.24, 2.45) is 0 Å². The van der Waals surface area contributed by atoms with Gasteiger partial charge in [0.05, 0.1) is 12.2 Å². The standard InChI is InChI=1S/C8H9N3S2/c1-6-5-13-8(11-6)10-4-7-9-2-3-12-7/h2-3,5H,4H2,1H3,(H,10,11). The van der Waals surface area contributed by atoms with Gasteiger partial charge in [-0.3, -0.25) is 0 Å². The van der Waals surface area contributed by atoms with Gasteiger partial charge in [-0.15, -0.1) is 22.7 Å². The maximum atomic E-state index is 4.29. The zero-order chi connectivity index (χ0) is 9.10. The lowest BCUT2D eigenvalue weighted by atomic mass is 10.6. The third-order valence-electron chi connectivity index (χ3n) is 1.49. The Hall–Kier alpha value is -0.940. The molecule has 0 fully saturated rings. The number of rotatable bonds is 3. The van der Waals surface area contributed by atoms with Crippen molar-refractivity contribution >= 4 is 27.8 Å². The van der Waals surface area contributed by atoms with Crippen LogP contribution in [0.1, 0.15) is 10.7 Å². The topological polar surface area (TPSA) is 37.8 Å². The third-order valence-corrected chi connectivity index (χ3v) is 3.19. The van der Waals surface area contributed by atoms with Crippen LogP contribution in [0.5, 0.6) is 0 Å². The molecule has 0 aliphatic heterocycles. The Kier molecular flexibility index (Phi) is 2.56. The molecule has 0 bridgehead atoms. The van der Waals surface area contributed by atoms with Gasteiger partial charge in [-0.25, -0.2) is 9.97 Å². The van der Waals surface area contributed by atoms with Crippen LogP contribution in [-0.2, 0) is 6.54 Å². The molecule has 2 rings (SSSR count). The van der Waals surface area contributed by atoms with Gasteiger partial charge < -0.3 is 5.32 Å². The number of hydrogen-bond donors (Lipinski definition) is 1. The van der Waals surface area contributed by atoms with Crippen molar-refractivity contribution in [1.29, 1.82) is 0 Å². The molecule has 0 unspecified atom stereocenters. The molecule has 68 valence electrons. The molecule has 1 N–H and O–H groups in total. The summed E-state index contributed by atoms with van der Waals surface area (Å²) in [6.07, 6.45) is 1.81. The van der Waals surface area contributed by atoms with Crippen LogP contribution in [-0.4, -0.2) is 9.97 Å². The number of nitrogens with zero attached hydrogens (tertiary/aromatic N) is 2. The van der Waals surface area contributed by atoms with Crippen LogP contribution >= 0.6 is 22.7 Å². The first-order chi connectivity index (χ1) is 6.34. The van der Waals surface area contributed by atoms with Crippen molar-refractivity contribution in [1.82, 2.24) is 9.97 Å². The molecular formula is C8H9N3S2. The molecule has 5 heteroatoms. The SMILES string of the molecule is Cc1csc(NCc2nccs2)n1. The van der Waals surface area contributed by atoms with Crippen molar-refractivity contribution in [2.45, 2.75) is 13.5 Å². The van der Waals surface area contributed by atoms with Crippen LogP contribution in [0.3, 0.4) is 0 Å². The highest BCUT2D eigenvalue weighted by Gasteiger charge is 1.98. The van der Waals surface area contributed by atoms with Crippen LogP contribution in [0.15, 0.2) is 17.0 Å². The van der Waals surface area contributed by atoms with Gasteiger partial charge >= 0.3 is 0 Å². The first-order valence-electron chi connectivity index (χ1n) is 3.89. The first kappa shape index (κ1) is 8.65. The van der Waals surface area contributed by atoms with E-state index < -0.39 is 0 Å². The Morgan fingerprint density at radius 3 is 3.00 bits per heavy atom. The molecule has 13 heavy (non-hydrogen) atoms. The molecule has 0 saturated heterocycles. The molecule has 2 aromatic rings. The second-order valence-electron chi connectivity index (χ2n) is 2.57. The minimum absolute atomic E-state index is 0.768. The maximum Gasteiger partial charge on any atom is 0.183 e. The molecular weight excluding hydrogens is 202 g/mol. The maximum absolute atomic E-state index is 4.29. The Morgan fingerprint density at radius 2 is 2.38 bits per heavy atom. The third kappa shape index (κ3) is 2.26. The lowest BCUT2D eigenvalue weighted by molar-refractivity contribution is 1.09. The van der Waals surface area contributed by atoms with Crippen molar-refractivity contribution in [3.63, 3.8) is 0 Å². The molecule has 0 aliphatic carbocycles. The number of nitrogens with one attached hydrogen (secondary N) is 1. The number of anilines is 1. The molecule has 3 nitrogen and oxygen atoms in total. The summed E-state index contributed by atoms with van der Waals surface area (Å²) in [5, 5.41) is 9.29. The Balaban J connectivity index is 1.93. The number of thiazole rings is 2. The van der Waals surface area contributed by atoms with Crippen LogP contribution in [0.4, 0.5) is 5.13 Å². The molecule has 2 heterocycles. The number of hydrogen-bond acceptors (Lipinski definition) is 5. The van der Waals surface area contributed by atoms with E-state index in [0.29, 0.717) is 0 Å². The fraction of sp³-hybridized carbons (Fsp3) is 0.250. The molecule has 0 aromatic carbocycles. The van der Waals surface area contributed by atoms with Gasteiger partial charge in [-0.2, -0.15) is 0 Å². The molecule has 0 atom stereocenters. The van der Waals surface area contributed by atoms with Crippen LogP contribution in [0.25, 0.3) is 0 Å². The van der Waals surface area contributed by atoms with Gasteiger partial charge in [0.1, 0.15) is 5.01 Å². The highest BCUT2D eigenvalue weighted by molar-refractivity contribution is 7.13. The largest absolute Gasteiger partial charge is 0.355 e. The van der Waals surface area contributed by atoms with E-state index in [0.717, 1.165) is 22.4 Å². The van der Waals surface area contributed by atoms with Gasteiger partial charge in [0.15, 0.2) is 5.13 Å². The predicted octanol–water partition coefficient (Wildman–Crippen LogP) is 2.52. The Bertz CT molecular complexity index is 366. The van der Waals surface area contributed by atoms with E-state index in [1.54, 1.807) is 22.7 Å². The number of aryl methyl sites for hydroxylation is 1. The summed E-state index contributed by atoms with van der Waals surface area (Å²) in [4.78, 5) is 8.47. The molecule has 0 saturated carbocycles. The van der Waals surface area contributed by atoms with Crippen LogP contribution < -0.4 is 5.32 Å². The van der Waals surface area contributed by atoms with E-state index in [1.165, 1.54) is 0 Å². The molecule has 0 radical (unpaired) electrons. The number of aromatic nitrogens is 2. The smallest absolute Gasteiger partial charge is 0.183 e. The highest BCUT2D eigenvalue weighted by Crippen LogP contribution is 2.15. The average molecular weight is 211 g/mol. The lowest BCUT2D eigenvalue weighted by Gasteiger charge is -1.97. The molecule has 0 spiro atoms. The molecule has 0 aliphatic rings.